The number of nitrogens with zero attached hydrogens (tertiary/aromatic N) is 3. The van der Waals surface area contributed by atoms with Crippen LogP contribution in [0.5, 0.6) is 0 Å². The molecule has 6 nitrogen and oxygen atoms in total. The van der Waals surface area contributed by atoms with Gasteiger partial charge in [-0.1, -0.05) is 43.0 Å². The van der Waals surface area contributed by atoms with E-state index in [4.69, 9.17) is 16.6 Å². The van der Waals surface area contributed by atoms with E-state index in [-0.39, 0.29) is 11.7 Å². The third-order valence-corrected chi connectivity index (χ3v) is 5.72. The maximum absolute atomic E-state index is 9.40. The van der Waals surface area contributed by atoms with Crippen molar-refractivity contribution in [1.29, 1.82) is 16.1 Å². The molecule has 166 valence electrons. The Labute approximate surface area is 195 Å². The van der Waals surface area contributed by atoms with Crippen LogP contribution in [0.1, 0.15) is 36.1 Å². The van der Waals surface area contributed by atoms with E-state index in [1.807, 2.05) is 76.2 Å². The summed E-state index contributed by atoms with van der Waals surface area (Å²) in [5, 5.41) is 26.8. The molecule has 0 spiro atoms. The molecule has 0 aliphatic heterocycles. The molecular weight excluding hydrogens is 408 g/mol. The lowest BCUT2D eigenvalue weighted by atomic mass is 9.86. The first-order valence-corrected chi connectivity index (χ1v) is 10.5. The third-order valence-electron chi connectivity index (χ3n) is 5.72. The van der Waals surface area contributed by atoms with E-state index in [9.17, 15) is 5.26 Å². The van der Waals surface area contributed by atoms with E-state index >= 15 is 0 Å². The zero-order valence-corrected chi connectivity index (χ0v) is 19.4. The van der Waals surface area contributed by atoms with Gasteiger partial charge in [-0.05, 0) is 68.2 Å². The molecule has 1 heterocycles. The Kier molecular flexibility index (Phi) is 6.45. The fraction of sp³-hybridized carbons (Fsp3) is 0.185. The summed E-state index contributed by atoms with van der Waals surface area (Å²) in [6, 6.07) is 17.5. The molecule has 3 aromatic rings. The number of amidine groups is 2. The molecular formula is C27H28N6. The molecule has 0 aliphatic carbocycles. The van der Waals surface area contributed by atoms with Crippen molar-refractivity contribution in [3.05, 3.63) is 89.6 Å². The van der Waals surface area contributed by atoms with Crippen LogP contribution in [0.4, 0.5) is 11.5 Å². The first kappa shape index (κ1) is 23.4. The zero-order chi connectivity index (χ0) is 24.3. The predicted octanol–water partition coefficient (Wildman–Crippen LogP) is 5.74. The Bertz CT molecular complexity index is 1280. The van der Waals surface area contributed by atoms with Crippen molar-refractivity contribution in [3.63, 3.8) is 0 Å². The van der Waals surface area contributed by atoms with Gasteiger partial charge in [0.05, 0.1) is 17.2 Å². The highest BCUT2D eigenvalue weighted by atomic mass is 15.2. The average molecular weight is 437 g/mol. The molecule has 0 radical (unpaired) electrons. The number of aromatic nitrogens is 1. The Morgan fingerprint density at radius 3 is 2.30 bits per heavy atom. The Morgan fingerprint density at radius 1 is 1.06 bits per heavy atom. The summed E-state index contributed by atoms with van der Waals surface area (Å²) >= 11 is 0. The van der Waals surface area contributed by atoms with Crippen molar-refractivity contribution in [3.8, 4) is 17.2 Å². The molecule has 0 bridgehead atoms. The van der Waals surface area contributed by atoms with Crippen molar-refractivity contribution in [1.82, 2.24) is 4.98 Å². The molecule has 0 atom stereocenters. The predicted molar refractivity (Wildman–Crippen MR) is 136 cm³/mol. The number of benzene rings is 2. The summed E-state index contributed by atoms with van der Waals surface area (Å²) < 4.78 is 0. The van der Waals surface area contributed by atoms with Crippen molar-refractivity contribution in [2.75, 3.05) is 10.6 Å². The van der Waals surface area contributed by atoms with E-state index in [1.165, 1.54) is 6.08 Å². The minimum absolute atomic E-state index is 0.0910. The van der Waals surface area contributed by atoms with E-state index in [2.05, 4.69) is 17.6 Å². The highest BCUT2D eigenvalue weighted by Gasteiger charge is 2.23. The summed E-state index contributed by atoms with van der Waals surface area (Å²) in [5.74, 6) is 0.729. The molecule has 0 fully saturated rings. The van der Waals surface area contributed by atoms with Gasteiger partial charge in [0, 0.05) is 17.3 Å². The first-order valence-electron chi connectivity index (χ1n) is 10.5. The lowest BCUT2D eigenvalue weighted by Gasteiger charge is -2.27. The number of pyridine rings is 1. The second kappa shape index (κ2) is 9.09. The van der Waals surface area contributed by atoms with Crippen molar-refractivity contribution >= 4 is 23.2 Å². The summed E-state index contributed by atoms with van der Waals surface area (Å²) in [6.07, 6.45) is 3.14. The lowest BCUT2D eigenvalue weighted by molar-refractivity contribution is 0.687. The van der Waals surface area contributed by atoms with Crippen molar-refractivity contribution in [2.45, 2.75) is 33.1 Å². The molecule has 1 aromatic heterocycles. The molecule has 0 saturated carbocycles. The smallest absolute Gasteiger partial charge is 0.138 e. The molecule has 0 amide bonds. The van der Waals surface area contributed by atoms with Gasteiger partial charge in [0.15, 0.2) is 0 Å². The van der Waals surface area contributed by atoms with E-state index < -0.39 is 5.41 Å². The monoisotopic (exact) mass is 436 g/mol. The van der Waals surface area contributed by atoms with E-state index in [1.54, 1.807) is 11.1 Å². The summed E-state index contributed by atoms with van der Waals surface area (Å²) in [7, 11) is 0. The highest BCUT2D eigenvalue weighted by Crippen LogP contribution is 2.31. The summed E-state index contributed by atoms with van der Waals surface area (Å²) in [5.41, 5.74) is 11.1. The number of nitrogens with one attached hydrogen (secondary N) is 2. The van der Waals surface area contributed by atoms with Gasteiger partial charge in [0.1, 0.15) is 17.5 Å². The normalized spacial score (nSPS) is 10.9. The van der Waals surface area contributed by atoms with Gasteiger partial charge >= 0.3 is 0 Å². The first-order chi connectivity index (χ1) is 15.6. The quantitative estimate of drug-likeness (QED) is 0.349. The van der Waals surface area contributed by atoms with Crippen LogP contribution in [0, 0.1) is 36.0 Å². The zero-order valence-electron chi connectivity index (χ0n) is 19.4. The third kappa shape index (κ3) is 4.68. The number of hydrogen-bond acceptors (Lipinski definition) is 5. The Morgan fingerprint density at radius 2 is 1.73 bits per heavy atom. The molecule has 3 rings (SSSR count). The largest absolute Gasteiger partial charge is 0.383 e. The fourth-order valence-electron chi connectivity index (χ4n) is 3.47. The number of hydrogen-bond donors (Lipinski definition) is 3. The molecule has 33 heavy (non-hydrogen) atoms. The second-order valence-corrected chi connectivity index (χ2v) is 8.51. The topological polar surface area (TPSA) is 114 Å². The van der Waals surface area contributed by atoms with E-state index in [0.29, 0.717) is 17.1 Å². The van der Waals surface area contributed by atoms with Crippen molar-refractivity contribution in [2.24, 2.45) is 0 Å². The molecule has 2 aromatic carbocycles. The maximum atomic E-state index is 9.40. The van der Waals surface area contributed by atoms with Gasteiger partial charge in [-0.3, -0.25) is 15.7 Å². The molecule has 0 aliphatic rings. The average Bonchev–Trinajstić information content (AvgIpc) is 2.82. The lowest BCUT2D eigenvalue weighted by Crippen LogP contribution is -2.36. The van der Waals surface area contributed by atoms with Gasteiger partial charge in [0.2, 0.25) is 0 Å². The van der Waals surface area contributed by atoms with Gasteiger partial charge < -0.3 is 5.73 Å². The number of anilines is 2. The number of nitriles is 1. The van der Waals surface area contributed by atoms with Crippen LogP contribution < -0.4 is 10.6 Å². The number of aryl methyl sites for hydroxylation is 2. The van der Waals surface area contributed by atoms with Crippen LogP contribution in [0.3, 0.4) is 0 Å². The second-order valence-electron chi connectivity index (χ2n) is 8.51. The van der Waals surface area contributed by atoms with Crippen LogP contribution in [0.25, 0.3) is 11.1 Å². The minimum atomic E-state index is -0.621. The fourth-order valence-corrected chi connectivity index (χ4v) is 3.47. The van der Waals surface area contributed by atoms with Gasteiger partial charge in [-0.2, -0.15) is 5.26 Å². The van der Waals surface area contributed by atoms with Crippen LogP contribution in [-0.4, -0.2) is 16.7 Å². The van der Waals surface area contributed by atoms with Crippen LogP contribution in [-0.2, 0) is 5.41 Å². The van der Waals surface area contributed by atoms with Crippen LogP contribution in [0.15, 0.2) is 67.4 Å². The van der Waals surface area contributed by atoms with Gasteiger partial charge in [-0.25, -0.2) is 4.98 Å². The van der Waals surface area contributed by atoms with Crippen LogP contribution >= 0.6 is 0 Å². The molecule has 0 unspecified atom stereocenters. The molecule has 4 N–H and O–H groups in total. The SMILES string of the molecule is C=CC(=N)N(C(=N)c1ccc(C(C)(C)C#N)cc1)c1cc(-c2cnc(N)c(C)c2)ccc1C. The maximum Gasteiger partial charge on any atom is 0.138 e. The van der Waals surface area contributed by atoms with Crippen molar-refractivity contribution < 1.29 is 0 Å². The molecule has 0 saturated heterocycles. The number of nitrogen functional groups attached to an aromatic ring is 1. The standard InChI is InChI=1S/C27H28N6/c1-6-24(29)33(26(31)19-9-11-22(12-10-19)27(4,5)16-28)23-14-20(8-7-17(23)2)21-13-18(3)25(30)32-15-21/h6-15,29,31H,1H2,2-5H3,(H2,30,32). The number of nitrogens with two attached hydrogens (primary N) is 1. The number of rotatable bonds is 5. The van der Waals surface area contributed by atoms with E-state index in [0.717, 1.165) is 27.8 Å². The minimum Gasteiger partial charge on any atom is -0.383 e. The van der Waals surface area contributed by atoms with Gasteiger partial charge in [-0.15, -0.1) is 0 Å². The molecule has 6 heteroatoms. The van der Waals surface area contributed by atoms with Crippen LogP contribution in [0.2, 0.25) is 0 Å². The Hall–Kier alpha value is -4.24. The Balaban J connectivity index is 2.07. The highest BCUT2D eigenvalue weighted by molar-refractivity contribution is 6.26. The summed E-state index contributed by atoms with van der Waals surface area (Å²) in [6.45, 7) is 11.3. The van der Waals surface area contributed by atoms with Gasteiger partial charge in [0.25, 0.3) is 0 Å². The summed E-state index contributed by atoms with van der Waals surface area (Å²) in [4.78, 5) is 5.82.